The van der Waals surface area contributed by atoms with Crippen LogP contribution in [-0.2, 0) is 13.1 Å². The lowest BCUT2D eigenvalue weighted by Crippen LogP contribution is -2.49. The number of nitrogens with one attached hydrogen (secondary N) is 1. The van der Waals surface area contributed by atoms with Gasteiger partial charge in [0, 0.05) is 19.1 Å². The van der Waals surface area contributed by atoms with Gasteiger partial charge in [0.25, 0.3) is 0 Å². The quantitative estimate of drug-likeness (QED) is 0.697. The van der Waals surface area contributed by atoms with Crippen molar-refractivity contribution in [3.05, 3.63) is 65.7 Å². The summed E-state index contributed by atoms with van der Waals surface area (Å²) in [5.74, 6) is 1.37. The molecule has 1 aliphatic rings. The lowest BCUT2D eigenvalue weighted by Gasteiger charge is -2.37. The first-order valence-electron chi connectivity index (χ1n) is 11.0. The third-order valence-electron chi connectivity index (χ3n) is 5.54. The summed E-state index contributed by atoms with van der Waals surface area (Å²) in [7, 11) is 2.15. The Hall–Kier alpha value is -2.53. The van der Waals surface area contributed by atoms with Crippen molar-refractivity contribution in [3.63, 3.8) is 0 Å². The molecule has 2 amide bonds. The Morgan fingerprint density at radius 3 is 2.37 bits per heavy atom. The number of hydrogen-bond donors (Lipinski definition) is 1. The van der Waals surface area contributed by atoms with Crippen molar-refractivity contribution < 1.29 is 9.53 Å². The van der Waals surface area contributed by atoms with Crippen molar-refractivity contribution in [2.24, 2.45) is 5.92 Å². The Morgan fingerprint density at radius 2 is 1.73 bits per heavy atom. The van der Waals surface area contributed by atoms with E-state index in [9.17, 15) is 4.79 Å². The molecule has 0 radical (unpaired) electrons. The largest absolute Gasteiger partial charge is 0.493 e. The van der Waals surface area contributed by atoms with E-state index in [0.717, 1.165) is 37.2 Å². The molecule has 162 valence electrons. The van der Waals surface area contributed by atoms with Crippen LogP contribution in [0.5, 0.6) is 5.75 Å². The number of benzene rings is 2. The highest BCUT2D eigenvalue weighted by molar-refractivity contribution is 5.74. The summed E-state index contributed by atoms with van der Waals surface area (Å²) >= 11 is 0. The minimum absolute atomic E-state index is 0.00791. The molecule has 1 aliphatic heterocycles. The maximum atomic E-state index is 13.1. The molecule has 0 bridgehead atoms. The van der Waals surface area contributed by atoms with E-state index in [4.69, 9.17) is 4.74 Å². The normalized spacial score (nSPS) is 15.2. The Labute approximate surface area is 181 Å². The number of piperidine rings is 1. The number of amides is 2. The number of ether oxygens (including phenoxy) is 1. The molecule has 3 rings (SSSR count). The van der Waals surface area contributed by atoms with Crippen LogP contribution < -0.4 is 10.1 Å². The fourth-order valence-corrected chi connectivity index (χ4v) is 3.70. The van der Waals surface area contributed by atoms with Crippen molar-refractivity contribution in [2.75, 3.05) is 26.7 Å². The van der Waals surface area contributed by atoms with Gasteiger partial charge in [0.1, 0.15) is 5.75 Å². The summed E-state index contributed by atoms with van der Waals surface area (Å²) in [6, 6.07) is 18.5. The molecule has 2 aromatic rings. The lowest BCUT2D eigenvalue weighted by molar-refractivity contribution is 0.127. The molecular weight excluding hydrogens is 374 g/mol. The van der Waals surface area contributed by atoms with E-state index in [1.54, 1.807) is 0 Å². The molecule has 2 aromatic carbocycles. The zero-order chi connectivity index (χ0) is 21.3. The number of urea groups is 1. The predicted molar refractivity (Wildman–Crippen MR) is 122 cm³/mol. The molecule has 30 heavy (non-hydrogen) atoms. The van der Waals surface area contributed by atoms with E-state index in [1.807, 2.05) is 47.4 Å². The topological polar surface area (TPSA) is 44.8 Å². The molecule has 1 heterocycles. The molecule has 1 saturated heterocycles. The first kappa shape index (κ1) is 22.2. The van der Waals surface area contributed by atoms with Crippen LogP contribution in [0.1, 0.15) is 37.8 Å². The maximum Gasteiger partial charge on any atom is 0.318 e. The smallest absolute Gasteiger partial charge is 0.318 e. The summed E-state index contributed by atoms with van der Waals surface area (Å²) in [5.41, 5.74) is 2.24. The number of likely N-dealkylation sites (tertiary alicyclic amines) is 1. The van der Waals surface area contributed by atoms with E-state index in [-0.39, 0.29) is 12.1 Å². The van der Waals surface area contributed by atoms with Crippen molar-refractivity contribution in [1.82, 2.24) is 15.1 Å². The van der Waals surface area contributed by atoms with Gasteiger partial charge in [-0.25, -0.2) is 4.79 Å². The zero-order valence-corrected chi connectivity index (χ0v) is 18.5. The number of rotatable bonds is 8. The van der Waals surface area contributed by atoms with Crippen molar-refractivity contribution in [3.8, 4) is 5.75 Å². The summed E-state index contributed by atoms with van der Waals surface area (Å²) < 4.78 is 5.74. The molecule has 0 atom stereocenters. The van der Waals surface area contributed by atoms with E-state index in [2.05, 4.69) is 43.2 Å². The average Bonchev–Trinajstić information content (AvgIpc) is 2.76. The maximum absolute atomic E-state index is 13.1. The fraction of sp³-hybridized carbons (Fsp3) is 0.480. The van der Waals surface area contributed by atoms with Crippen LogP contribution in [-0.4, -0.2) is 48.6 Å². The van der Waals surface area contributed by atoms with E-state index in [0.29, 0.717) is 25.6 Å². The van der Waals surface area contributed by atoms with Gasteiger partial charge in [-0.1, -0.05) is 56.3 Å². The van der Waals surface area contributed by atoms with Gasteiger partial charge in [-0.2, -0.15) is 0 Å². The minimum Gasteiger partial charge on any atom is -0.493 e. The van der Waals surface area contributed by atoms with Gasteiger partial charge in [0.2, 0.25) is 0 Å². The van der Waals surface area contributed by atoms with Gasteiger partial charge < -0.3 is 19.9 Å². The summed E-state index contributed by atoms with van der Waals surface area (Å²) in [5, 5.41) is 3.13. The van der Waals surface area contributed by atoms with Gasteiger partial charge in [-0.15, -0.1) is 0 Å². The second kappa shape index (κ2) is 11.0. The standard InChI is InChI=1S/C25H35N3O2/c1-20(2)19-30-24-11-9-21(10-12-24)17-26-25(29)28(18-22-7-5-4-6-8-22)23-13-15-27(3)16-14-23/h4-12,20,23H,13-19H2,1-3H3,(H,26,29). The van der Waals surface area contributed by atoms with Gasteiger partial charge >= 0.3 is 6.03 Å². The minimum atomic E-state index is 0.00791. The molecule has 0 aliphatic carbocycles. The Morgan fingerprint density at radius 1 is 1.07 bits per heavy atom. The molecule has 0 aromatic heterocycles. The third-order valence-corrected chi connectivity index (χ3v) is 5.54. The van der Waals surface area contributed by atoms with Crippen molar-refractivity contribution in [1.29, 1.82) is 0 Å². The molecule has 0 spiro atoms. The van der Waals surface area contributed by atoms with Crippen LogP contribution in [0.3, 0.4) is 0 Å². The molecule has 5 heteroatoms. The SMILES string of the molecule is CC(C)COc1ccc(CNC(=O)N(Cc2ccccc2)C2CCN(C)CC2)cc1. The molecule has 1 N–H and O–H groups in total. The predicted octanol–water partition coefficient (Wildman–Crippen LogP) is 4.53. The molecule has 5 nitrogen and oxygen atoms in total. The Balaban J connectivity index is 1.59. The van der Waals surface area contributed by atoms with E-state index in [1.165, 1.54) is 5.56 Å². The molecule has 1 fully saturated rings. The fourth-order valence-electron chi connectivity index (χ4n) is 3.70. The van der Waals surface area contributed by atoms with Crippen LogP contribution in [0, 0.1) is 5.92 Å². The summed E-state index contributed by atoms with van der Waals surface area (Å²) in [6.45, 7) is 8.19. The van der Waals surface area contributed by atoms with E-state index >= 15 is 0 Å². The number of hydrogen-bond acceptors (Lipinski definition) is 3. The second-order valence-corrected chi connectivity index (χ2v) is 8.66. The second-order valence-electron chi connectivity index (χ2n) is 8.66. The zero-order valence-electron chi connectivity index (χ0n) is 18.5. The summed E-state index contributed by atoms with van der Waals surface area (Å²) in [6.07, 6.45) is 2.03. The molecule has 0 saturated carbocycles. The lowest BCUT2D eigenvalue weighted by atomic mass is 10.0. The van der Waals surface area contributed by atoms with Crippen molar-refractivity contribution >= 4 is 6.03 Å². The Bertz CT molecular complexity index is 769. The van der Waals surface area contributed by atoms with Crippen molar-refractivity contribution in [2.45, 2.75) is 45.8 Å². The highest BCUT2D eigenvalue weighted by atomic mass is 16.5. The van der Waals surface area contributed by atoms with Gasteiger partial charge in [0.05, 0.1) is 6.61 Å². The highest BCUT2D eigenvalue weighted by Gasteiger charge is 2.27. The number of carbonyl (C=O) groups excluding carboxylic acids is 1. The average molecular weight is 410 g/mol. The summed E-state index contributed by atoms with van der Waals surface area (Å²) in [4.78, 5) is 17.5. The van der Waals surface area contributed by atoms with Crippen LogP contribution in [0.4, 0.5) is 4.79 Å². The molecule has 0 unspecified atom stereocenters. The van der Waals surface area contributed by atoms with Crippen LogP contribution in [0.2, 0.25) is 0 Å². The van der Waals surface area contributed by atoms with Gasteiger partial charge in [-0.3, -0.25) is 0 Å². The highest BCUT2D eigenvalue weighted by Crippen LogP contribution is 2.19. The third kappa shape index (κ3) is 6.77. The first-order valence-corrected chi connectivity index (χ1v) is 11.0. The van der Waals surface area contributed by atoms with Crippen LogP contribution in [0.25, 0.3) is 0 Å². The number of carbonyl (C=O) groups is 1. The van der Waals surface area contributed by atoms with Crippen LogP contribution >= 0.6 is 0 Å². The van der Waals surface area contributed by atoms with Gasteiger partial charge in [0.15, 0.2) is 0 Å². The molecular formula is C25H35N3O2. The Kier molecular flexibility index (Phi) is 8.14. The first-order chi connectivity index (χ1) is 14.5. The van der Waals surface area contributed by atoms with Crippen LogP contribution in [0.15, 0.2) is 54.6 Å². The van der Waals surface area contributed by atoms with Gasteiger partial charge in [-0.05, 0) is 62.2 Å². The monoisotopic (exact) mass is 409 g/mol. The number of nitrogens with zero attached hydrogens (tertiary/aromatic N) is 2. The van der Waals surface area contributed by atoms with E-state index < -0.39 is 0 Å².